The minimum Gasteiger partial charge on any atom is -0.504 e. The number of nitrogens with zero attached hydrogens (tertiary/aromatic N) is 2. The molecular weight excluding hydrogens is 361 g/mol. The lowest BCUT2D eigenvalue weighted by molar-refractivity contribution is 0.281. The van der Waals surface area contributed by atoms with Crippen LogP contribution in [0, 0.1) is 5.82 Å². The van der Waals surface area contributed by atoms with Gasteiger partial charge >= 0.3 is 0 Å². The van der Waals surface area contributed by atoms with Gasteiger partial charge in [-0.15, -0.1) is 0 Å². The van der Waals surface area contributed by atoms with Crippen LogP contribution in [0.5, 0.6) is 17.2 Å². The molecule has 2 aromatic rings. The Hall–Kier alpha value is -2.96. The molecule has 7 heteroatoms. The number of rotatable bonds is 9. The van der Waals surface area contributed by atoms with Crippen molar-refractivity contribution in [3.8, 4) is 17.2 Å². The van der Waals surface area contributed by atoms with Gasteiger partial charge in [0.05, 0.1) is 13.7 Å². The van der Waals surface area contributed by atoms with Crippen LogP contribution in [0.25, 0.3) is 0 Å². The third kappa shape index (κ3) is 6.33. The van der Waals surface area contributed by atoms with Crippen molar-refractivity contribution in [2.24, 2.45) is 4.99 Å². The van der Waals surface area contributed by atoms with Crippen LogP contribution in [-0.4, -0.2) is 56.4 Å². The highest BCUT2D eigenvalue weighted by atomic mass is 19.1. The number of aromatic hydroxyl groups is 1. The van der Waals surface area contributed by atoms with E-state index in [-0.39, 0.29) is 11.6 Å². The molecule has 2 N–H and O–H groups in total. The number of halogens is 1. The zero-order valence-electron chi connectivity index (χ0n) is 16.6. The van der Waals surface area contributed by atoms with Gasteiger partial charge in [-0.3, -0.25) is 4.99 Å². The fourth-order valence-corrected chi connectivity index (χ4v) is 2.62. The van der Waals surface area contributed by atoms with Gasteiger partial charge in [-0.1, -0.05) is 12.1 Å². The summed E-state index contributed by atoms with van der Waals surface area (Å²) in [6, 6.07) is 11.4. The summed E-state index contributed by atoms with van der Waals surface area (Å²) in [6.07, 6.45) is 0.595. The molecule has 6 nitrogen and oxygen atoms in total. The molecule has 0 saturated carbocycles. The Morgan fingerprint density at radius 2 is 1.96 bits per heavy atom. The van der Waals surface area contributed by atoms with Crippen LogP contribution in [0.3, 0.4) is 0 Å². The number of guanidine groups is 1. The van der Waals surface area contributed by atoms with Crippen molar-refractivity contribution in [3.05, 3.63) is 53.8 Å². The molecule has 0 radical (unpaired) electrons. The van der Waals surface area contributed by atoms with Crippen LogP contribution in [0.1, 0.15) is 12.5 Å². The third-order valence-electron chi connectivity index (χ3n) is 4.15. The average molecular weight is 389 g/mol. The van der Waals surface area contributed by atoms with Crippen molar-refractivity contribution >= 4 is 5.96 Å². The second-order valence-corrected chi connectivity index (χ2v) is 6.18. The van der Waals surface area contributed by atoms with E-state index in [1.807, 2.05) is 31.0 Å². The SMILES string of the molecule is CCNC(=NCCc1cccc(OC)c1O)N(C)CCOc1ccc(F)cc1. The number of hydrogen-bond acceptors (Lipinski definition) is 4. The van der Waals surface area contributed by atoms with Gasteiger partial charge in [0.2, 0.25) is 0 Å². The summed E-state index contributed by atoms with van der Waals surface area (Å²) in [5.74, 6) is 1.72. The Kier molecular flexibility index (Phi) is 8.39. The second kappa shape index (κ2) is 11.0. The summed E-state index contributed by atoms with van der Waals surface area (Å²) < 4.78 is 23.7. The van der Waals surface area contributed by atoms with Gasteiger partial charge in [0.1, 0.15) is 18.2 Å². The van der Waals surface area contributed by atoms with Crippen molar-refractivity contribution in [2.45, 2.75) is 13.3 Å². The van der Waals surface area contributed by atoms with E-state index >= 15 is 0 Å². The number of aliphatic imine (C=N–C) groups is 1. The molecule has 0 fully saturated rings. The largest absolute Gasteiger partial charge is 0.504 e. The number of para-hydroxylation sites is 1. The lowest BCUT2D eigenvalue weighted by Crippen LogP contribution is -2.41. The highest BCUT2D eigenvalue weighted by Gasteiger charge is 2.09. The molecule has 0 aliphatic carbocycles. The van der Waals surface area contributed by atoms with E-state index in [0.717, 1.165) is 18.1 Å². The molecular formula is C21H28FN3O3. The van der Waals surface area contributed by atoms with Crippen molar-refractivity contribution in [1.29, 1.82) is 0 Å². The first-order valence-corrected chi connectivity index (χ1v) is 9.27. The molecule has 0 aromatic heterocycles. The van der Waals surface area contributed by atoms with Gasteiger partial charge < -0.3 is 24.8 Å². The maximum Gasteiger partial charge on any atom is 0.193 e. The van der Waals surface area contributed by atoms with Crippen LogP contribution >= 0.6 is 0 Å². The number of likely N-dealkylation sites (N-methyl/N-ethyl adjacent to an activating group) is 1. The third-order valence-corrected chi connectivity index (χ3v) is 4.15. The van der Waals surface area contributed by atoms with E-state index in [1.54, 1.807) is 18.2 Å². The van der Waals surface area contributed by atoms with Crippen molar-refractivity contribution in [3.63, 3.8) is 0 Å². The Bertz CT molecular complexity index is 766. The Balaban J connectivity index is 1.88. The first-order valence-electron chi connectivity index (χ1n) is 9.27. The Morgan fingerprint density at radius 1 is 1.21 bits per heavy atom. The number of phenolic OH excluding ortho intramolecular Hbond substituents is 1. The predicted molar refractivity (Wildman–Crippen MR) is 109 cm³/mol. The van der Waals surface area contributed by atoms with E-state index < -0.39 is 0 Å². The number of ether oxygens (including phenoxy) is 2. The molecule has 0 unspecified atom stereocenters. The van der Waals surface area contributed by atoms with Gasteiger partial charge in [0.25, 0.3) is 0 Å². The van der Waals surface area contributed by atoms with Crippen LogP contribution in [-0.2, 0) is 6.42 Å². The van der Waals surface area contributed by atoms with Gasteiger partial charge in [0.15, 0.2) is 17.5 Å². The van der Waals surface area contributed by atoms with Gasteiger partial charge in [-0.05, 0) is 49.2 Å². The molecule has 0 bridgehead atoms. The Labute approximate surface area is 165 Å². The van der Waals surface area contributed by atoms with Gasteiger partial charge in [-0.25, -0.2) is 4.39 Å². The number of phenols is 1. The van der Waals surface area contributed by atoms with E-state index in [4.69, 9.17) is 9.47 Å². The van der Waals surface area contributed by atoms with E-state index in [0.29, 0.717) is 37.6 Å². The standard InChI is InChI=1S/C21H28FN3O3/c1-4-23-21(24-13-12-16-6-5-7-19(27-3)20(16)26)25(2)14-15-28-18-10-8-17(22)9-11-18/h5-11,26H,4,12-15H2,1-3H3,(H,23,24). The monoisotopic (exact) mass is 389 g/mol. The first kappa shape index (κ1) is 21.3. The second-order valence-electron chi connectivity index (χ2n) is 6.18. The minimum atomic E-state index is -0.284. The summed E-state index contributed by atoms with van der Waals surface area (Å²) in [6.45, 7) is 4.34. The molecule has 0 amide bonds. The normalized spacial score (nSPS) is 11.2. The van der Waals surface area contributed by atoms with Crippen LogP contribution < -0.4 is 14.8 Å². The summed E-state index contributed by atoms with van der Waals surface area (Å²) in [7, 11) is 3.46. The zero-order valence-corrected chi connectivity index (χ0v) is 16.6. The lowest BCUT2D eigenvalue weighted by atomic mass is 10.1. The molecule has 0 aliphatic rings. The first-order chi connectivity index (χ1) is 13.5. The molecule has 0 atom stereocenters. The smallest absolute Gasteiger partial charge is 0.193 e. The zero-order chi connectivity index (χ0) is 20.4. The summed E-state index contributed by atoms with van der Waals surface area (Å²) >= 11 is 0. The van der Waals surface area contributed by atoms with Crippen molar-refractivity contribution in [1.82, 2.24) is 10.2 Å². The molecule has 152 valence electrons. The molecule has 0 spiro atoms. The maximum atomic E-state index is 12.9. The van der Waals surface area contributed by atoms with E-state index in [9.17, 15) is 9.50 Å². The lowest BCUT2D eigenvalue weighted by Gasteiger charge is -2.22. The molecule has 0 saturated heterocycles. The summed E-state index contributed by atoms with van der Waals surface area (Å²) in [4.78, 5) is 6.59. The highest BCUT2D eigenvalue weighted by molar-refractivity contribution is 5.79. The van der Waals surface area contributed by atoms with Gasteiger partial charge in [-0.2, -0.15) is 0 Å². The van der Waals surface area contributed by atoms with Crippen molar-refractivity contribution < 1.29 is 19.0 Å². The van der Waals surface area contributed by atoms with Crippen LogP contribution in [0.4, 0.5) is 4.39 Å². The van der Waals surface area contributed by atoms with E-state index in [1.165, 1.54) is 19.2 Å². The molecule has 2 rings (SSSR count). The topological polar surface area (TPSA) is 66.3 Å². The maximum absolute atomic E-state index is 12.9. The fraction of sp³-hybridized carbons (Fsp3) is 0.381. The number of nitrogens with one attached hydrogen (secondary N) is 1. The fourth-order valence-electron chi connectivity index (χ4n) is 2.62. The quantitative estimate of drug-likeness (QED) is 0.510. The van der Waals surface area contributed by atoms with Crippen LogP contribution in [0.2, 0.25) is 0 Å². The summed E-state index contributed by atoms with van der Waals surface area (Å²) in [5.41, 5.74) is 0.793. The summed E-state index contributed by atoms with van der Waals surface area (Å²) in [5, 5.41) is 13.4. The van der Waals surface area contributed by atoms with Gasteiger partial charge in [0, 0.05) is 20.1 Å². The Morgan fingerprint density at radius 3 is 2.64 bits per heavy atom. The predicted octanol–water partition coefficient (Wildman–Crippen LogP) is 3.06. The number of benzene rings is 2. The molecule has 2 aromatic carbocycles. The van der Waals surface area contributed by atoms with Crippen molar-refractivity contribution in [2.75, 3.05) is 40.4 Å². The minimum absolute atomic E-state index is 0.159. The average Bonchev–Trinajstić information content (AvgIpc) is 2.70. The molecule has 0 aliphatic heterocycles. The molecule has 0 heterocycles. The molecule has 28 heavy (non-hydrogen) atoms. The highest BCUT2D eigenvalue weighted by Crippen LogP contribution is 2.29. The number of methoxy groups -OCH3 is 1. The van der Waals surface area contributed by atoms with Crippen LogP contribution in [0.15, 0.2) is 47.5 Å². The van der Waals surface area contributed by atoms with E-state index in [2.05, 4.69) is 10.3 Å². The number of hydrogen-bond donors (Lipinski definition) is 2.